The van der Waals surface area contributed by atoms with E-state index in [1.807, 2.05) is 46.6 Å². The summed E-state index contributed by atoms with van der Waals surface area (Å²) < 4.78 is 5.38. The number of pyridine rings is 1. The highest BCUT2D eigenvalue weighted by atomic mass is 35.5. The Labute approximate surface area is 229 Å². The van der Waals surface area contributed by atoms with Crippen molar-refractivity contribution in [3.63, 3.8) is 0 Å². The van der Waals surface area contributed by atoms with Crippen molar-refractivity contribution in [1.29, 1.82) is 5.26 Å². The molecule has 0 amide bonds. The zero-order valence-electron chi connectivity index (χ0n) is 21.6. The fourth-order valence-electron chi connectivity index (χ4n) is 4.96. The van der Waals surface area contributed by atoms with Crippen molar-refractivity contribution in [2.75, 3.05) is 11.9 Å². The number of nitrogens with zero attached hydrogens (tertiary/aromatic N) is 7. The average Bonchev–Trinajstić information content (AvgIpc) is 3.55. The van der Waals surface area contributed by atoms with Gasteiger partial charge in [-0.2, -0.15) is 15.3 Å². The van der Waals surface area contributed by atoms with Crippen LogP contribution in [-0.2, 0) is 20.1 Å². The lowest BCUT2D eigenvalue weighted by atomic mass is 10.1. The van der Waals surface area contributed by atoms with E-state index < -0.39 is 6.10 Å². The van der Waals surface area contributed by atoms with E-state index in [1.165, 1.54) is 0 Å². The van der Waals surface area contributed by atoms with E-state index >= 15 is 0 Å². The van der Waals surface area contributed by atoms with Crippen LogP contribution in [0, 0.1) is 17.2 Å². The highest BCUT2D eigenvalue weighted by molar-refractivity contribution is 6.31. The number of nitrogens with one attached hydrogen (secondary N) is 1. The molecule has 198 valence electrons. The Morgan fingerprint density at radius 1 is 1.28 bits per heavy atom. The summed E-state index contributed by atoms with van der Waals surface area (Å²) in [6, 6.07) is 11.5. The topological polar surface area (TPSA) is 127 Å². The van der Waals surface area contributed by atoms with E-state index in [4.69, 9.17) is 16.7 Å². The molecule has 0 saturated heterocycles. The van der Waals surface area contributed by atoms with Gasteiger partial charge < -0.3 is 15.0 Å². The molecule has 39 heavy (non-hydrogen) atoms. The molecule has 0 bridgehead atoms. The minimum absolute atomic E-state index is 0.211. The molecule has 6 rings (SSSR count). The van der Waals surface area contributed by atoms with Gasteiger partial charge in [0.05, 0.1) is 40.5 Å². The predicted molar refractivity (Wildman–Crippen MR) is 150 cm³/mol. The molecule has 2 N–H and O–H groups in total. The maximum atomic E-state index is 13.2. The van der Waals surface area contributed by atoms with Crippen LogP contribution < -0.4 is 11.0 Å². The molecule has 1 aliphatic rings. The van der Waals surface area contributed by atoms with Crippen molar-refractivity contribution in [2.45, 2.75) is 39.0 Å². The first-order valence-corrected chi connectivity index (χ1v) is 13.2. The minimum atomic E-state index is -0.651. The SMILES string of the molecule is C[C@@H](O)CNc1nc(=O)n(CC2CC2)c2nn(Cc3ccnc4ccc(Cl)cc34)c(-c3cc(C#N)cn3C)c12. The largest absolute Gasteiger partial charge is 0.392 e. The highest BCUT2D eigenvalue weighted by Crippen LogP contribution is 2.36. The van der Waals surface area contributed by atoms with Crippen LogP contribution in [0.4, 0.5) is 5.82 Å². The van der Waals surface area contributed by atoms with Crippen LogP contribution in [0.2, 0.25) is 5.02 Å². The maximum absolute atomic E-state index is 13.2. The van der Waals surface area contributed by atoms with Gasteiger partial charge in [-0.05, 0) is 61.6 Å². The van der Waals surface area contributed by atoms with Crippen molar-refractivity contribution in [1.82, 2.24) is 28.9 Å². The Bertz CT molecular complexity index is 1820. The number of aliphatic hydroxyl groups excluding tert-OH is 1. The third kappa shape index (κ3) is 4.75. The number of rotatable bonds is 8. The molecule has 4 heterocycles. The summed E-state index contributed by atoms with van der Waals surface area (Å²) in [6.45, 7) is 2.78. The molecule has 1 aliphatic carbocycles. The third-order valence-corrected chi connectivity index (χ3v) is 7.29. The Morgan fingerprint density at radius 2 is 2.10 bits per heavy atom. The third-order valence-electron chi connectivity index (χ3n) is 7.06. The maximum Gasteiger partial charge on any atom is 0.351 e. The molecule has 11 heteroatoms. The summed E-state index contributed by atoms with van der Waals surface area (Å²) >= 11 is 6.34. The van der Waals surface area contributed by atoms with Gasteiger partial charge in [-0.1, -0.05) is 11.6 Å². The van der Waals surface area contributed by atoms with Crippen LogP contribution >= 0.6 is 11.6 Å². The molecule has 1 atom stereocenters. The summed E-state index contributed by atoms with van der Waals surface area (Å²) in [4.78, 5) is 22.1. The zero-order chi connectivity index (χ0) is 27.3. The Morgan fingerprint density at radius 3 is 2.82 bits per heavy atom. The second-order valence-electron chi connectivity index (χ2n) is 10.2. The number of hydrogen-bond donors (Lipinski definition) is 2. The number of halogens is 1. The number of fused-ring (bicyclic) bond motifs is 2. The van der Waals surface area contributed by atoms with Gasteiger partial charge in [0.25, 0.3) is 0 Å². The van der Waals surface area contributed by atoms with E-state index in [2.05, 4.69) is 21.4 Å². The van der Waals surface area contributed by atoms with Gasteiger partial charge in [-0.25, -0.2) is 4.79 Å². The second-order valence-corrected chi connectivity index (χ2v) is 10.6. The molecule has 1 saturated carbocycles. The lowest BCUT2D eigenvalue weighted by Gasteiger charge is -2.13. The van der Waals surface area contributed by atoms with E-state index in [-0.39, 0.29) is 12.2 Å². The first-order valence-electron chi connectivity index (χ1n) is 12.9. The molecule has 1 aromatic carbocycles. The van der Waals surface area contributed by atoms with Crippen molar-refractivity contribution in [3.05, 3.63) is 69.4 Å². The van der Waals surface area contributed by atoms with Gasteiger partial charge >= 0.3 is 5.69 Å². The van der Waals surface area contributed by atoms with Crippen LogP contribution in [0.15, 0.2) is 47.5 Å². The summed E-state index contributed by atoms with van der Waals surface area (Å²) in [5, 5.41) is 29.9. The van der Waals surface area contributed by atoms with Crippen molar-refractivity contribution >= 4 is 39.4 Å². The van der Waals surface area contributed by atoms with Crippen molar-refractivity contribution in [3.8, 4) is 17.5 Å². The summed E-state index contributed by atoms with van der Waals surface area (Å²) in [7, 11) is 1.87. The van der Waals surface area contributed by atoms with Gasteiger partial charge in [-0.3, -0.25) is 14.2 Å². The number of nitriles is 1. The molecular weight excluding hydrogens is 516 g/mol. The van der Waals surface area contributed by atoms with Gasteiger partial charge in [0, 0.05) is 42.9 Å². The quantitative estimate of drug-likeness (QED) is 0.304. The molecule has 0 spiro atoms. The number of anilines is 1. The Balaban J connectivity index is 1.64. The van der Waals surface area contributed by atoms with E-state index in [9.17, 15) is 15.2 Å². The molecule has 4 aromatic heterocycles. The van der Waals surface area contributed by atoms with E-state index in [0.717, 1.165) is 35.0 Å². The second kappa shape index (κ2) is 9.84. The molecule has 0 aliphatic heterocycles. The number of hydrogen-bond acceptors (Lipinski definition) is 7. The number of aliphatic hydroxyl groups is 1. The molecule has 5 aromatic rings. The average molecular weight is 543 g/mol. The summed E-state index contributed by atoms with van der Waals surface area (Å²) in [5.41, 5.74) is 3.87. The smallest absolute Gasteiger partial charge is 0.351 e. The number of benzene rings is 1. The molecule has 1 fully saturated rings. The standard InChI is InChI=1S/C28H27ClN8O2/c1-16(38)12-32-26-24-25(23-9-18(11-30)13-35(23)2)37(34-27(24)36(28(39)33-26)14-17-3-4-17)15-19-7-8-31-22-6-5-20(29)10-21(19)22/h5-10,13,16-17,38H,3-4,12,14-15H2,1-2H3,(H,32,33,39)/t16-/m1/s1. The summed E-state index contributed by atoms with van der Waals surface area (Å²) in [5.74, 6) is 0.774. The van der Waals surface area contributed by atoms with Crippen LogP contribution in [0.1, 0.15) is 30.9 Å². The predicted octanol–water partition coefficient (Wildman–Crippen LogP) is 3.92. The van der Waals surface area contributed by atoms with Gasteiger partial charge in [0.15, 0.2) is 5.65 Å². The molecule has 0 unspecified atom stereocenters. The fourth-order valence-corrected chi connectivity index (χ4v) is 5.14. The van der Waals surface area contributed by atoms with Crippen molar-refractivity contribution in [2.24, 2.45) is 13.0 Å². The van der Waals surface area contributed by atoms with Crippen LogP contribution in [0.25, 0.3) is 33.3 Å². The van der Waals surface area contributed by atoms with Gasteiger partial charge in [0.1, 0.15) is 11.9 Å². The zero-order valence-corrected chi connectivity index (χ0v) is 22.4. The lowest BCUT2D eigenvalue weighted by molar-refractivity contribution is 0.208. The number of aromatic nitrogens is 6. The van der Waals surface area contributed by atoms with Crippen LogP contribution in [-0.4, -0.2) is 46.6 Å². The van der Waals surface area contributed by atoms with Gasteiger partial charge in [-0.15, -0.1) is 0 Å². The Kier molecular flexibility index (Phi) is 6.33. The molecule has 10 nitrogen and oxygen atoms in total. The number of aryl methyl sites for hydroxylation is 1. The van der Waals surface area contributed by atoms with Gasteiger partial charge in [0.2, 0.25) is 0 Å². The summed E-state index contributed by atoms with van der Waals surface area (Å²) in [6.07, 6.45) is 5.00. The first-order chi connectivity index (χ1) is 18.8. The first kappa shape index (κ1) is 25.1. The van der Waals surface area contributed by atoms with Crippen LogP contribution in [0.3, 0.4) is 0 Å². The van der Waals surface area contributed by atoms with Crippen LogP contribution in [0.5, 0.6) is 0 Å². The van der Waals surface area contributed by atoms with E-state index in [0.29, 0.717) is 52.1 Å². The van der Waals surface area contributed by atoms with Crippen molar-refractivity contribution < 1.29 is 5.11 Å². The normalized spacial score (nSPS) is 14.1. The molecular formula is C28H27ClN8O2. The molecule has 0 radical (unpaired) electrons. The highest BCUT2D eigenvalue weighted by Gasteiger charge is 2.28. The monoisotopic (exact) mass is 542 g/mol. The fraction of sp³-hybridized carbons (Fsp3) is 0.321. The minimum Gasteiger partial charge on any atom is -0.392 e. The van der Waals surface area contributed by atoms with E-state index in [1.54, 1.807) is 23.9 Å². The lowest BCUT2D eigenvalue weighted by Crippen LogP contribution is -2.27. The Hall–Kier alpha value is -4.20.